The first-order valence-electron chi connectivity index (χ1n) is 10.1. The number of urea groups is 1. The van der Waals surface area contributed by atoms with E-state index in [0.29, 0.717) is 13.2 Å². The van der Waals surface area contributed by atoms with Gasteiger partial charge in [0.1, 0.15) is 5.75 Å². The summed E-state index contributed by atoms with van der Waals surface area (Å²) in [4.78, 5) is 15.3. The number of para-hydroxylation sites is 1. The molecule has 0 fully saturated rings. The highest BCUT2D eigenvalue weighted by Gasteiger charge is 2.33. The van der Waals surface area contributed by atoms with Gasteiger partial charge in [0, 0.05) is 17.6 Å². The smallest absolute Gasteiger partial charge is 0.322 e. The number of hydrogen-bond donors (Lipinski definition) is 1. The first-order valence-corrected chi connectivity index (χ1v) is 10.1. The molecule has 2 heterocycles. The average molecular weight is 389 g/mol. The van der Waals surface area contributed by atoms with E-state index in [9.17, 15) is 4.79 Å². The summed E-state index contributed by atoms with van der Waals surface area (Å²) in [5, 5.41) is 3.07. The molecular weight excluding hydrogens is 362 g/mol. The zero-order chi connectivity index (χ0) is 20.4. The molecule has 4 rings (SSSR count). The van der Waals surface area contributed by atoms with Gasteiger partial charge in [0.15, 0.2) is 0 Å². The Balaban J connectivity index is 1.67. The number of carbonyl (C=O) groups is 1. The molecule has 2 amide bonds. The molecule has 3 aromatic rings. The van der Waals surface area contributed by atoms with Crippen molar-refractivity contribution in [1.29, 1.82) is 0 Å². The maximum atomic E-state index is 13.4. The molecule has 1 aromatic heterocycles. The quantitative estimate of drug-likeness (QED) is 0.629. The monoisotopic (exact) mass is 389 g/mol. The predicted octanol–water partition coefficient (Wildman–Crippen LogP) is 5.62. The Hall–Kier alpha value is -3.21. The molecule has 0 radical (unpaired) electrons. The van der Waals surface area contributed by atoms with Crippen LogP contribution in [0.4, 0.5) is 10.5 Å². The van der Waals surface area contributed by atoms with Gasteiger partial charge in [-0.3, -0.25) is 0 Å². The van der Waals surface area contributed by atoms with Crippen LogP contribution in [0.2, 0.25) is 0 Å². The van der Waals surface area contributed by atoms with E-state index in [1.165, 1.54) is 0 Å². The molecule has 0 aliphatic carbocycles. The number of amides is 2. The molecular formula is C24H27N3O2. The topological polar surface area (TPSA) is 46.5 Å². The van der Waals surface area contributed by atoms with Crippen molar-refractivity contribution < 1.29 is 9.53 Å². The first-order chi connectivity index (χ1) is 14.1. The molecule has 2 aromatic carbocycles. The van der Waals surface area contributed by atoms with Gasteiger partial charge in [0.2, 0.25) is 0 Å². The molecule has 0 spiro atoms. The Morgan fingerprint density at radius 2 is 1.86 bits per heavy atom. The fraction of sp³-hybridized carbons (Fsp3) is 0.292. The molecule has 5 heteroatoms. The zero-order valence-electron chi connectivity index (χ0n) is 17.1. The van der Waals surface area contributed by atoms with Gasteiger partial charge < -0.3 is 19.5 Å². The second kappa shape index (κ2) is 8.03. The summed E-state index contributed by atoms with van der Waals surface area (Å²) < 4.78 is 7.70. The van der Waals surface area contributed by atoms with E-state index in [1.807, 2.05) is 48.2 Å². The SMILES string of the molecule is CCOc1ccc(NC(=O)N2Cc3ccccc3-n3cccc3[C@H]2C(C)C)cc1. The van der Waals surface area contributed by atoms with Crippen LogP contribution in [-0.2, 0) is 6.54 Å². The molecule has 0 saturated carbocycles. The number of ether oxygens (including phenoxy) is 1. The minimum Gasteiger partial charge on any atom is -0.494 e. The summed E-state index contributed by atoms with van der Waals surface area (Å²) in [6.45, 7) is 7.46. The number of nitrogens with one attached hydrogen (secondary N) is 1. The molecule has 1 atom stereocenters. The number of fused-ring (bicyclic) bond motifs is 3. The van der Waals surface area contributed by atoms with Crippen molar-refractivity contribution in [3.8, 4) is 11.4 Å². The number of benzene rings is 2. The Morgan fingerprint density at radius 1 is 1.10 bits per heavy atom. The lowest BCUT2D eigenvalue weighted by Crippen LogP contribution is -2.39. The minimum atomic E-state index is -0.0997. The van der Waals surface area contributed by atoms with Gasteiger partial charge in [-0.25, -0.2) is 4.79 Å². The van der Waals surface area contributed by atoms with E-state index in [2.05, 4.69) is 54.2 Å². The summed E-state index contributed by atoms with van der Waals surface area (Å²) in [7, 11) is 0. The van der Waals surface area contributed by atoms with Gasteiger partial charge in [-0.1, -0.05) is 32.0 Å². The van der Waals surface area contributed by atoms with Crippen LogP contribution in [0.15, 0.2) is 66.9 Å². The van der Waals surface area contributed by atoms with E-state index in [4.69, 9.17) is 4.74 Å². The van der Waals surface area contributed by atoms with Crippen molar-refractivity contribution in [2.75, 3.05) is 11.9 Å². The number of rotatable bonds is 4. The largest absolute Gasteiger partial charge is 0.494 e. The third-order valence-electron chi connectivity index (χ3n) is 5.32. The summed E-state index contributed by atoms with van der Waals surface area (Å²) in [5.74, 6) is 1.07. The molecule has 1 aliphatic rings. The van der Waals surface area contributed by atoms with Crippen LogP contribution >= 0.6 is 0 Å². The zero-order valence-corrected chi connectivity index (χ0v) is 17.1. The second-order valence-corrected chi connectivity index (χ2v) is 7.64. The maximum Gasteiger partial charge on any atom is 0.322 e. The number of hydrogen-bond acceptors (Lipinski definition) is 2. The molecule has 150 valence electrons. The van der Waals surface area contributed by atoms with Crippen molar-refractivity contribution >= 4 is 11.7 Å². The fourth-order valence-corrected chi connectivity index (χ4v) is 4.07. The summed E-state index contributed by atoms with van der Waals surface area (Å²) in [6.07, 6.45) is 2.08. The Kier molecular flexibility index (Phi) is 5.30. The number of carbonyl (C=O) groups excluding carboxylic acids is 1. The second-order valence-electron chi connectivity index (χ2n) is 7.64. The lowest BCUT2D eigenvalue weighted by Gasteiger charge is -2.33. The van der Waals surface area contributed by atoms with Gasteiger partial charge >= 0.3 is 6.03 Å². The van der Waals surface area contributed by atoms with Crippen LogP contribution in [0.5, 0.6) is 5.75 Å². The highest BCUT2D eigenvalue weighted by Crippen LogP contribution is 2.36. The van der Waals surface area contributed by atoms with Crippen molar-refractivity contribution in [2.24, 2.45) is 5.92 Å². The summed E-state index contributed by atoms with van der Waals surface area (Å²) in [6, 6.07) is 19.8. The predicted molar refractivity (Wildman–Crippen MR) is 116 cm³/mol. The lowest BCUT2D eigenvalue weighted by molar-refractivity contribution is 0.162. The van der Waals surface area contributed by atoms with Crippen molar-refractivity contribution in [3.63, 3.8) is 0 Å². The minimum absolute atomic E-state index is 0.0277. The van der Waals surface area contributed by atoms with Gasteiger partial charge in [0.25, 0.3) is 0 Å². The average Bonchev–Trinajstić information content (AvgIpc) is 3.13. The lowest BCUT2D eigenvalue weighted by atomic mass is 9.99. The van der Waals surface area contributed by atoms with Gasteiger partial charge in [-0.2, -0.15) is 0 Å². The Morgan fingerprint density at radius 3 is 2.59 bits per heavy atom. The Labute approximate surface area is 171 Å². The van der Waals surface area contributed by atoms with E-state index in [-0.39, 0.29) is 18.0 Å². The van der Waals surface area contributed by atoms with Crippen LogP contribution < -0.4 is 10.1 Å². The molecule has 5 nitrogen and oxygen atoms in total. The van der Waals surface area contributed by atoms with E-state index >= 15 is 0 Å². The summed E-state index contributed by atoms with van der Waals surface area (Å²) >= 11 is 0. The van der Waals surface area contributed by atoms with E-state index < -0.39 is 0 Å². The van der Waals surface area contributed by atoms with Gasteiger partial charge in [-0.05, 0) is 60.9 Å². The first kappa shape index (κ1) is 19.1. The molecule has 1 aliphatic heterocycles. The Bertz CT molecular complexity index is 991. The molecule has 0 saturated heterocycles. The van der Waals surface area contributed by atoms with Crippen LogP contribution in [0.1, 0.15) is 38.1 Å². The number of aromatic nitrogens is 1. The van der Waals surface area contributed by atoms with E-state index in [0.717, 1.165) is 28.4 Å². The maximum absolute atomic E-state index is 13.4. The third-order valence-corrected chi connectivity index (χ3v) is 5.32. The fourth-order valence-electron chi connectivity index (χ4n) is 4.07. The molecule has 0 unspecified atom stereocenters. The molecule has 0 bridgehead atoms. The molecule has 29 heavy (non-hydrogen) atoms. The number of anilines is 1. The van der Waals surface area contributed by atoms with Crippen molar-refractivity contribution in [3.05, 3.63) is 78.1 Å². The standard InChI is InChI=1S/C24H27N3O2/c1-4-29-20-13-11-19(12-14-20)25-24(28)27-16-18-8-5-6-9-21(18)26-15-7-10-22(26)23(27)17(2)3/h5-15,17,23H,4,16H2,1-3H3,(H,25,28)/t23-/m1/s1. The van der Waals surface area contributed by atoms with Gasteiger partial charge in [-0.15, -0.1) is 0 Å². The highest BCUT2D eigenvalue weighted by atomic mass is 16.5. The van der Waals surface area contributed by atoms with Crippen molar-refractivity contribution in [1.82, 2.24) is 9.47 Å². The third kappa shape index (κ3) is 3.73. The van der Waals surface area contributed by atoms with Crippen LogP contribution in [0, 0.1) is 5.92 Å². The van der Waals surface area contributed by atoms with Crippen LogP contribution in [0.25, 0.3) is 5.69 Å². The van der Waals surface area contributed by atoms with Crippen molar-refractivity contribution in [2.45, 2.75) is 33.4 Å². The van der Waals surface area contributed by atoms with Crippen LogP contribution in [-0.4, -0.2) is 22.1 Å². The molecule has 1 N–H and O–H groups in total. The highest BCUT2D eigenvalue weighted by molar-refractivity contribution is 5.90. The van der Waals surface area contributed by atoms with Crippen LogP contribution in [0.3, 0.4) is 0 Å². The van der Waals surface area contributed by atoms with E-state index in [1.54, 1.807) is 0 Å². The van der Waals surface area contributed by atoms with Gasteiger partial charge in [0.05, 0.1) is 24.9 Å². The number of nitrogens with zero attached hydrogens (tertiary/aromatic N) is 2. The normalized spacial score (nSPS) is 15.4. The summed E-state index contributed by atoms with van der Waals surface area (Å²) in [5.41, 5.74) is 4.16.